The number of anilines is 3. The minimum atomic E-state index is -1.15. The van der Waals surface area contributed by atoms with Crippen LogP contribution in [0.25, 0.3) is 0 Å². The summed E-state index contributed by atoms with van der Waals surface area (Å²) in [5.41, 5.74) is 7.29. The van der Waals surface area contributed by atoms with Crippen LogP contribution in [0.1, 0.15) is 48.8 Å². The molecule has 0 spiro atoms. The van der Waals surface area contributed by atoms with E-state index in [9.17, 15) is 9.90 Å². The van der Waals surface area contributed by atoms with Crippen molar-refractivity contribution in [3.8, 4) is 0 Å². The third-order valence-corrected chi connectivity index (χ3v) is 4.58. The van der Waals surface area contributed by atoms with Gasteiger partial charge in [-0.25, -0.2) is 9.78 Å². The van der Waals surface area contributed by atoms with E-state index in [-0.39, 0.29) is 17.8 Å². The highest BCUT2D eigenvalue weighted by Crippen LogP contribution is 2.24. The number of aryl methyl sites for hydroxylation is 1. The predicted octanol–water partition coefficient (Wildman–Crippen LogP) is 2.56. The Morgan fingerprint density at radius 3 is 2.81 bits per heavy atom. The lowest BCUT2D eigenvalue weighted by atomic mass is 9.91. The summed E-state index contributed by atoms with van der Waals surface area (Å²) in [5, 5.41) is 23.6. The standard InChI is InChI=1S/C18H24N6O2/c1-2-11-6-5-9-15(20-11)22-14-10-16(23-24-17(14)18(25)26)21-13-8-4-3-7-12(13)19/h5-6,9-10,12-13H,2-4,7-8,19H2,1H3,(H,25,26)(H2,20,21,22,23)/t12-,13+/m1/s1. The zero-order valence-electron chi connectivity index (χ0n) is 14.8. The molecule has 26 heavy (non-hydrogen) atoms. The van der Waals surface area contributed by atoms with Crippen LogP contribution in [0.15, 0.2) is 24.3 Å². The van der Waals surface area contributed by atoms with Crippen LogP contribution in [-0.2, 0) is 6.42 Å². The molecule has 3 rings (SSSR count). The van der Waals surface area contributed by atoms with E-state index in [4.69, 9.17) is 5.73 Å². The number of carboxylic acid groups (broad SMARTS) is 1. The molecule has 0 aliphatic heterocycles. The van der Waals surface area contributed by atoms with E-state index >= 15 is 0 Å². The molecule has 2 heterocycles. The third-order valence-electron chi connectivity index (χ3n) is 4.58. The largest absolute Gasteiger partial charge is 0.476 e. The molecule has 8 nitrogen and oxygen atoms in total. The van der Waals surface area contributed by atoms with Crippen LogP contribution < -0.4 is 16.4 Å². The van der Waals surface area contributed by atoms with Gasteiger partial charge in [0.15, 0.2) is 11.5 Å². The Morgan fingerprint density at radius 2 is 2.08 bits per heavy atom. The van der Waals surface area contributed by atoms with Crippen LogP contribution in [0.3, 0.4) is 0 Å². The molecular formula is C18H24N6O2. The summed E-state index contributed by atoms with van der Waals surface area (Å²) in [6.07, 6.45) is 4.98. The van der Waals surface area contributed by atoms with Gasteiger partial charge in [-0.05, 0) is 31.4 Å². The number of nitrogens with two attached hydrogens (primary N) is 1. The third kappa shape index (κ3) is 4.26. The van der Waals surface area contributed by atoms with Crippen molar-refractivity contribution in [2.45, 2.75) is 51.1 Å². The fourth-order valence-electron chi connectivity index (χ4n) is 3.13. The number of hydrogen-bond donors (Lipinski definition) is 4. The second-order valence-corrected chi connectivity index (χ2v) is 6.49. The van der Waals surface area contributed by atoms with Crippen molar-refractivity contribution >= 4 is 23.3 Å². The van der Waals surface area contributed by atoms with Gasteiger partial charge >= 0.3 is 5.97 Å². The molecule has 1 aliphatic rings. The minimum absolute atomic E-state index is 0.0593. The molecule has 1 aliphatic carbocycles. The van der Waals surface area contributed by atoms with Gasteiger partial charge in [-0.2, -0.15) is 0 Å². The highest BCUT2D eigenvalue weighted by molar-refractivity contribution is 5.93. The van der Waals surface area contributed by atoms with Gasteiger partial charge in [-0.15, -0.1) is 10.2 Å². The number of hydrogen-bond acceptors (Lipinski definition) is 7. The number of aromatic carboxylic acids is 1. The maximum Gasteiger partial charge on any atom is 0.358 e. The number of carboxylic acids is 1. The van der Waals surface area contributed by atoms with E-state index in [0.29, 0.717) is 17.3 Å². The Morgan fingerprint density at radius 1 is 1.27 bits per heavy atom. The zero-order chi connectivity index (χ0) is 18.5. The van der Waals surface area contributed by atoms with E-state index in [1.807, 2.05) is 19.1 Å². The second-order valence-electron chi connectivity index (χ2n) is 6.49. The first-order chi connectivity index (χ1) is 12.6. The average molecular weight is 356 g/mol. The van der Waals surface area contributed by atoms with Crippen LogP contribution in [0.4, 0.5) is 17.3 Å². The summed E-state index contributed by atoms with van der Waals surface area (Å²) in [7, 11) is 0. The van der Waals surface area contributed by atoms with E-state index in [1.54, 1.807) is 12.1 Å². The number of pyridine rings is 1. The van der Waals surface area contributed by atoms with E-state index in [1.165, 1.54) is 0 Å². The fourth-order valence-corrected chi connectivity index (χ4v) is 3.13. The molecule has 138 valence electrons. The average Bonchev–Trinajstić information content (AvgIpc) is 2.64. The smallest absolute Gasteiger partial charge is 0.358 e. The lowest BCUT2D eigenvalue weighted by molar-refractivity contribution is 0.0690. The van der Waals surface area contributed by atoms with Crippen LogP contribution >= 0.6 is 0 Å². The molecule has 5 N–H and O–H groups in total. The molecular weight excluding hydrogens is 332 g/mol. The van der Waals surface area contributed by atoms with Gasteiger partial charge in [0.1, 0.15) is 5.82 Å². The summed E-state index contributed by atoms with van der Waals surface area (Å²) in [4.78, 5) is 15.9. The Balaban J connectivity index is 1.85. The summed E-state index contributed by atoms with van der Waals surface area (Å²) in [6.45, 7) is 2.01. The summed E-state index contributed by atoms with van der Waals surface area (Å²) >= 11 is 0. The first-order valence-corrected chi connectivity index (χ1v) is 8.93. The Labute approximate surface area is 152 Å². The van der Waals surface area contributed by atoms with Crippen molar-refractivity contribution in [3.63, 3.8) is 0 Å². The van der Waals surface area contributed by atoms with Gasteiger partial charge in [0.2, 0.25) is 0 Å². The number of carbonyl (C=O) groups is 1. The summed E-state index contributed by atoms with van der Waals surface area (Å²) in [6, 6.07) is 7.41. The topological polar surface area (TPSA) is 126 Å². The van der Waals surface area contributed by atoms with Crippen LogP contribution in [0, 0.1) is 0 Å². The van der Waals surface area contributed by atoms with Gasteiger partial charge in [0, 0.05) is 23.8 Å². The molecule has 2 atom stereocenters. The highest BCUT2D eigenvalue weighted by atomic mass is 16.4. The molecule has 0 saturated heterocycles. The first-order valence-electron chi connectivity index (χ1n) is 8.93. The van der Waals surface area contributed by atoms with E-state index < -0.39 is 5.97 Å². The molecule has 8 heteroatoms. The maximum atomic E-state index is 11.5. The molecule has 0 aromatic carbocycles. The SMILES string of the molecule is CCc1cccc(Nc2cc(N[C@H]3CCCC[C@H]3N)nnc2C(=O)O)n1. The van der Waals surface area contributed by atoms with Crippen molar-refractivity contribution in [1.82, 2.24) is 15.2 Å². The molecule has 0 amide bonds. The Kier molecular flexibility index (Phi) is 5.62. The lowest BCUT2D eigenvalue weighted by Crippen LogP contribution is -2.42. The number of nitrogens with one attached hydrogen (secondary N) is 2. The normalized spacial score (nSPS) is 19.8. The predicted molar refractivity (Wildman–Crippen MR) is 99.7 cm³/mol. The van der Waals surface area contributed by atoms with Crippen molar-refractivity contribution in [3.05, 3.63) is 35.7 Å². The number of rotatable bonds is 6. The fraction of sp³-hybridized carbons (Fsp3) is 0.444. The van der Waals surface area contributed by atoms with Gasteiger partial charge in [0.25, 0.3) is 0 Å². The molecule has 2 aromatic heterocycles. The molecule has 2 aromatic rings. The quantitative estimate of drug-likeness (QED) is 0.622. The van der Waals surface area contributed by atoms with Crippen LogP contribution in [0.2, 0.25) is 0 Å². The van der Waals surface area contributed by atoms with Crippen molar-refractivity contribution in [1.29, 1.82) is 0 Å². The van der Waals surface area contributed by atoms with Crippen molar-refractivity contribution in [2.75, 3.05) is 10.6 Å². The van der Waals surface area contributed by atoms with E-state index in [2.05, 4.69) is 25.8 Å². The zero-order valence-corrected chi connectivity index (χ0v) is 14.8. The monoisotopic (exact) mass is 356 g/mol. The van der Waals surface area contributed by atoms with Crippen molar-refractivity contribution in [2.24, 2.45) is 5.73 Å². The van der Waals surface area contributed by atoms with Gasteiger partial charge in [-0.1, -0.05) is 25.8 Å². The van der Waals surface area contributed by atoms with Crippen LogP contribution in [-0.4, -0.2) is 38.3 Å². The molecule has 0 unspecified atom stereocenters. The van der Waals surface area contributed by atoms with E-state index in [0.717, 1.165) is 37.8 Å². The molecule has 0 radical (unpaired) electrons. The Hall–Kier alpha value is -2.74. The number of aromatic nitrogens is 3. The molecule has 1 fully saturated rings. The van der Waals surface area contributed by atoms with Gasteiger partial charge in [-0.3, -0.25) is 0 Å². The lowest BCUT2D eigenvalue weighted by Gasteiger charge is -2.29. The number of nitrogens with zero attached hydrogens (tertiary/aromatic N) is 3. The summed E-state index contributed by atoms with van der Waals surface area (Å²) in [5.74, 6) is -0.0702. The van der Waals surface area contributed by atoms with Gasteiger partial charge in [0.05, 0.1) is 5.69 Å². The maximum absolute atomic E-state index is 11.5. The first kappa shape index (κ1) is 18.1. The molecule has 0 bridgehead atoms. The van der Waals surface area contributed by atoms with Crippen molar-refractivity contribution < 1.29 is 9.90 Å². The molecule has 1 saturated carbocycles. The Bertz CT molecular complexity index is 782. The van der Waals surface area contributed by atoms with Gasteiger partial charge < -0.3 is 21.5 Å². The summed E-state index contributed by atoms with van der Waals surface area (Å²) < 4.78 is 0. The second kappa shape index (κ2) is 8.09. The van der Waals surface area contributed by atoms with Crippen LogP contribution in [0.5, 0.6) is 0 Å². The minimum Gasteiger partial charge on any atom is -0.476 e. The highest BCUT2D eigenvalue weighted by Gasteiger charge is 2.23.